The largest absolute Gasteiger partial charge is 0.473 e. The van der Waals surface area contributed by atoms with Crippen LogP contribution in [-0.4, -0.2) is 29.2 Å². The highest BCUT2D eigenvalue weighted by atomic mass is 16.5. The molecule has 1 atom stereocenters. The van der Waals surface area contributed by atoms with Crippen LogP contribution in [0.15, 0.2) is 28.9 Å². The zero-order chi connectivity index (χ0) is 12.4. The average Bonchev–Trinajstić information content (AvgIpc) is 3.00. The Morgan fingerprint density at radius 1 is 1.44 bits per heavy atom. The van der Waals surface area contributed by atoms with Crippen LogP contribution in [0.5, 0.6) is 5.88 Å². The number of nitrogens with one attached hydrogen (secondary N) is 1. The fourth-order valence-corrected chi connectivity index (χ4v) is 2.05. The Kier molecular flexibility index (Phi) is 2.98. The van der Waals surface area contributed by atoms with Gasteiger partial charge in [-0.25, -0.2) is 4.98 Å². The standard InChI is InChI=1S/C13H15N3O2/c1-9-15-11(12-3-2-6-17-12)7-13(16-9)18-10-4-5-14-8-10/h2-3,6-7,10,14H,4-5,8H2,1H3. The first kappa shape index (κ1) is 11.2. The highest BCUT2D eigenvalue weighted by Gasteiger charge is 2.17. The Labute approximate surface area is 105 Å². The van der Waals surface area contributed by atoms with Crippen molar-refractivity contribution in [1.29, 1.82) is 0 Å². The van der Waals surface area contributed by atoms with Crippen LogP contribution < -0.4 is 10.1 Å². The molecule has 18 heavy (non-hydrogen) atoms. The third-order valence-corrected chi connectivity index (χ3v) is 2.89. The fourth-order valence-electron chi connectivity index (χ4n) is 2.05. The lowest BCUT2D eigenvalue weighted by atomic mass is 10.3. The molecule has 1 unspecified atom stereocenters. The number of nitrogens with zero attached hydrogens (tertiary/aromatic N) is 2. The monoisotopic (exact) mass is 245 g/mol. The van der Waals surface area contributed by atoms with E-state index in [0.717, 1.165) is 31.0 Å². The van der Waals surface area contributed by atoms with Crippen LogP contribution in [0.4, 0.5) is 0 Å². The molecule has 0 amide bonds. The van der Waals surface area contributed by atoms with Crippen LogP contribution in [0.3, 0.4) is 0 Å². The smallest absolute Gasteiger partial charge is 0.217 e. The summed E-state index contributed by atoms with van der Waals surface area (Å²) >= 11 is 0. The second kappa shape index (κ2) is 4.78. The molecule has 0 saturated carbocycles. The van der Waals surface area contributed by atoms with Crippen LogP contribution in [0.1, 0.15) is 12.2 Å². The number of hydrogen-bond donors (Lipinski definition) is 1. The Bertz CT molecular complexity index is 519. The molecule has 1 aliphatic heterocycles. The van der Waals surface area contributed by atoms with Crippen LogP contribution in [0.25, 0.3) is 11.5 Å². The average molecular weight is 245 g/mol. The van der Waals surface area contributed by atoms with Crippen LogP contribution in [-0.2, 0) is 0 Å². The summed E-state index contributed by atoms with van der Waals surface area (Å²) in [4.78, 5) is 8.65. The van der Waals surface area contributed by atoms with Crippen molar-refractivity contribution in [2.75, 3.05) is 13.1 Å². The van der Waals surface area contributed by atoms with Gasteiger partial charge in [0.25, 0.3) is 0 Å². The molecule has 1 saturated heterocycles. The van der Waals surface area contributed by atoms with Gasteiger partial charge in [-0.2, -0.15) is 4.98 Å². The summed E-state index contributed by atoms with van der Waals surface area (Å²) < 4.78 is 11.2. The molecule has 2 aromatic rings. The van der Waals surface area contributed by atoms with Crippen molar-refractivity contribution in [1.82, 2.24) is 15.3 Å². The van der Waals surface area contributed by atoms with Crippen molar-refractivity contribution in [3.8, 4) is 17.3 Å². The zero-order valence-corrected chi connectivity index (χ0v) is 10.2. The third kappa shape index (κ3) is 2.36. The fraction of sp³-hybridized carbons (Fsp3) is 0.385. The molecule has 2 aromatic heterocycles. The summed E-state index contributed by atoms with van der Waals surface area (Å²) in [6.45, 7) is 3.73. The maximum absolute atomic E-state index is 5.84. The minimum atomic E-state index is 0.198. The summed E-state index contributed by atoms with van der Waals surface area (Å²) in [5.41, 5.74) is 0.758. The summed E-state index contributed by atoms with van der Waals surface area (Å²) in [6.07, 6.45) is 2.84. The minimum Gasteiger partial charge on any atom is -0.473 e. The van der Waals surface area contributed by atoms with E-state index < -0.39 is 0 Å². The predicted molar refractivity (Wildman–Crippen MR) is 66.4 cm³/mol. The van der Waals surface area contributed by atoms with Crippen LogP contribution in [0, 0.1) is 6.92 Å². The Hall–Kier alpha value is -1.88. The van der Waals surface area contributed by atoms with Crippen molar-refractivity contribution in [2.24, 2.45) is 0 Å². The second-order valence-corrected chi connectivity index (χ2v) is 4.35. The number of furan rings is 1. The summed E-state index contributed by atoms with van der Waals surface area (Å²) in [7, 11) is 0. The van der Waals surface area contributed by atoms with Gasteiger partial charge in [0.05, 0.1) is 6.26 Å². The predicted octanol–water partition coefficient (Wildman–Crippen LogP) is 1.79. The highest BCUT2D eigenvalue weighted by Crippen LogP contribution is 2.22. The van der Waals surface area contributed by atoms with Gasteiger partial charge in [0, 0.05) is 12.6 Å². The molecule has 3 heterocycles. The Morgan fingerprint density at radius 2 is 2.39 bits per heavy atom. The molecule has 1 fully saturated rings. The molecular formula is C13H15N3O2. The molecular weight excluding hydrogens is 230 g/mol. The van der Waals surface area contributed by atoms with Crippen molar-refractivity contribution < 1.29 is 9.15 Å². The van der Waals surface area contributed by atoms with E-state index in [-0.39, 0.29) is 6.10 Å². The summed E-state index contributed by atoms with van der Waals surface area (Å²) in [6, 6.07) is 5.54. The first-order chi connectivity index (χ1) is 8.81. The van der Waals surface area contributed by atoms with E-state index in [0.29, 0.717) is 11.7 Å². The number of aromatic nitrogens is 2. The minimum absolute atomic E-state index is 0.198. The highest BCUT2D eigenvalue weighted by molar-refractivity contribution is 5.53. The Balaban J connectivity index is 1.86. The zero-order valence-electron chi connectivity index (χ0n) is 10.2. The lowest BCUT2D eigenvalue weighted by Crippen LogP contribution is -2.20. The molecule has 94 valence electrons. The quantitative estimate of drug-likeness (QED) is 0.893. The maximum atomic E-state index is 5.84. The first-order valence-electron chi connectivity index (χ1n) is 6.08. The van der Waals surface area contributed by atoms with E-state index in [1.807, 2.05) is 25.1 Å². The lowest BCUT2D eigenvalue weighted by molar-refractivity contribution is 0.213. The first-order valence-corrected chi connectivity index (χ1v) is 6.08. The summed E-state index contributed by atoms with van der Waals surface area (Å²) in [5, 5.41) is 3.26. The molecule has 0 aliphatic carbocycles. The van der Waals surface area contributed by atoms with E-state index in [1.165, 1.54) is 0 Å². The molecule has 0 bridgehead atoms. The third-order valence-electron chi connectivity index (χ3n) is 2.89. The molecule has 0 radical (unpaired) electrons. The number of aryl methyl sites for hydroxylation is 1. The molecule has 5 nitrogen and oxygen atoms in total. The number of ether oxygens (including phenoxy) is 1. The maximum Gasteiger partial charge on any atom is 0.217 e. The van der Waals surface area contributed by atoms with Gasteiger partial charge in [0.1, 0.15) is 17.6 Å². The van der Waals surface area contributed by atoms with E-state index >= 15 is 0 Å². The van der Waals surface area contributed by atoms with Crippen molar-refractivity contribution in [3.63, 3.8) is 0 Å². The van der Waals surface area contributed by atoms with Crippen LogP contribution in [0.2, 0.25) is 0 Å². The lowest BCUT2D eigenvalue weighted by Gasteiger charge is -2.12. The molecule has 0 aromatic carbocycles. The van der Waals surface area contributed by atoms with Gasteiger partial charge in [-0.3, -0.25) is 0 Å². The van der Waals surface area contributed by atoms with Crippen molar-refractivity contribution >= 4 is 0 Å². The molecule has 5 heteroatoms. The number of rotatable bonds is 3. The SMILES string of the molecule is Cc1nc(OC2CCNC2)cc(-c2ccco2)n1. The molecule has 0 spiro atoms. The van der Waals surface area contributed by atoms with Gasteiger partial charge >= 0.3 is 0 Å². The van der Waals surface area contributed by atoms with Gasteiger partial charge in [-0.05, 0) is 32.0 Å². The molecule has 1 aliphatic rings. The van der Waals surface area contributed by atoms with Gasteiger partial charge < -0.3 is 14.5 Å². The Morgan fingerprint density at radius 3 is 3.11 bits per heavy atom. The van der Waals surface area contributed by atoms with E-state index in [9.17, 15) is 0 Å². The van der Waals surface area contributed by atoms with Gasteiger partial charge in [0.15, 0.2) is 5.76 Å². The normalized spacial score (nSPS) is 19.1. The number of hydrogen-bond acceptors (Lipinski definition) is 5. The van der Waals surface area contributed by atoms with Crippen molar-refractivity contribution in [2.45, 2.75) is 19.4 Å². The van der Waals surface area contributed by atoms with Crippen LogP contribution >= 0.6 is 0 Å². The van der Waals surface area contributed by atoms with E-state index in [4.69, 9.17) is 9.15 Å². The topological polar surface area (TPSA) is 60.2 Å². The van der Waals surface area contributed by atoms with E-state index in [2.05, 4.69) is 15.3 Å². The molecule has 3 rings (SSSR count). The van der Waals surface area contributed by atoms with E-state index in [1.54, 1.807) is 6.26 Å². The van der Waals surface area contributed by atoms with Crippen molar-refractivity contribution in [3.05, 3.63) is 30.3 Å². The van der Waals surface area contributed by atoms with Gasteiger partial charge in [-0.1, -0.05) is 0 Å². The van der Waals surface area contributed by atoms with Gasteiger partial charge in [0.2, 0.25) is 5.88 Å². The second-order valence-electron chi connectivity index (χ2n) is 4.35. The van der Waals surface area contributed by atoms with Gasteiger partial charge in [-0.15, -0.1) is 0 Å². The molecule has 1 N–H and O–H groups in total. The summed E-state index contributed by atoms with van der Waals surface area (Å²) in [5.74, 6) is 2.03.